The Bertz CT molecular complexity index is 119. The van der Waals surface area contributed by atoms with E-state index in [-0.39, 0.29) is 6.10 Å². The Kier molecular flexibility index (Phi) is 5.88. The minimum absolute atomic E-state index is 0.0788. The average Bonchev–Trinajstić information content (AvgIpc) is 1.86. The molecule has 0 bridgehead atoms. The summed E-state index contributed by atoms with van der Waals surface area (Å²) in [7, 11) is 1.65. The lowest BCUT2D eigenvalue weighted by atomic mass is 10.3. The van der Waals surface area contributed by atoms with Gasteiger partial charge in [-0.1, -0.05) is 0 Å². The highest BCUT2D eigenvalue weighted by Gasteiger charge is 1.95. The summed E-state index contributed by atoms with van der Waals surface area (Å²) in [6, 6.07) is 0. The van der Waals surface area contributed by atoms with Gasteiger partial charge in [-0.15, -0.1) is 0 Å². The lowest BCUT2D eigenvalue weighted by Crippen LogP contribution is -2.11. The normalized spacial score (nSPS) is 15.0. The van der Waals surface area contributed by atoms with Crippen molar-refractivity contribution in [3.63, 3.8) is 0 Å². The SMILES string of the molecule is COCCOC(C)/C=C(\C)N. The zero-order valence-electron chi connectivity index (χ0n) is 7.46. The molecule has 1 atom stereocenters. The molecule has 0 aromatic rings. The predicted octanol–water partition coefficient (Wildman–Crippen LogP) is 0.900. The third kappa shape index (κ3) is 7.36. The monoisotopic (exact) mass is 159 g/mol. The van der Waals surface area contributed by atoms with E-state index < -0.39 is 0 Å². The maximum absolute atomic E-state index is 5.45. The second-order valence-corrected chi connectivity index (χ2v) is 2.48. The molecule has 0 saturated carbocycles. The molecule has 0 fully saturated rings. The maximum atomic E-state index is 5.45. The molecule has 11 heavy (non-hydrogen) atoms. The van der Waals surface area contributed by atoms with Gasteiger partial charge in [0.15, 0.2) is 0 Å². The first-order chi connectivity index (χ1) is 5.16. The van der Waals surface area contributed by atoms with Crippen LogP contribution in [0.4, 0.5) is 0 Å². The van der Waals surface area contributed by atoms with E-state index in [1.54, 1.807) is 7.11 Å². The number of hydrogen-bond donors (Lipinski definition) is 1. The molecule has 3 nitrogen and oxygen atoms in total. The number of ether oxygens (including phenoxy) is 2. The maximum Gasteiger partial charge on any atom is 0.0748 e. The van der Waals surface area contributed by atoms with Gasteiger partial charge in [0.2, 0.25) is 0 Å². The number of allylic oxidation sites excluding steroid dienone is 1. The third-order valence-electron chi connectivity index (χ3n) is 1.17. The third-order valence-corrected chi connectivity index (χ3v) is 1.17. The van der Waals surface area contributed by atoms with E-state index in [1.807, 2.05) is 19.9 Å². The van der Waals surface area contributed by atoms with Crippen molar-refractivity contribution >= 4 is 0 Å². The quantitative estimate of drug-likeness (QED) is 0.606. The predicted molar refractivity (Wildman–Crippen MR) is 45.2 cm³/mol. The molecule has 1 unspecified atom stereocenters. The van der Waals surface area contributed by atoms with Crippen molar-refractivity contribution in [2.45, 2.75) is 20.0 Å². The number of rotatable bonds is 5. The van der Waals surface area contributed by atoms with Gasteiger partial charge in [-0.3, -0.25) is 0 Å². The average molecular weight is 159 g/mol. The lowest BCUT2D eigenvalue weighted by molar-refractivity contribution is 0.0472. The first-order valence-corrected chi connectivity index (χ1v) is 3.71. The minimum Gasteiger partial charge on any atom is -0.402 e. The summed E-state index contributed by atoms with van der Waals surface area (Å²) in [6.45, 7) is 5.03. The molecule has 0 aromatic carbocycles. The van der Waals surface area contributed by atoms with Crippen molar-refractivity contribution in [1.29, 1.82) is 0 Å². The van der Waals surface area contributed by atoms with Crippen LogP contribution in [0, 0.1) is 0 Å². The van der Waals surface area contributed by atoms with Crippen LogP contribution in [0.3, 0.4) is 0 Å². The van der Waals surface area contributed by atoms with E-state index in [9.17, 15) is 0 Å². The smallest absolute Gasteiger partial charge is 0.0748 e. The van der Waals surface area contributed by atoms with Crippen LogP contribution in [0.1, 0.15) is 13.8 Å². The van der Waals surface area contributed by atoms with Gasteiger partial charge in [0.05, 0.1) is 19.3 Å². The molecule has 3 heteroatoms. The van der Waals surface area contributed by atoms with Crippen LogP contribution < -0.4 is 5.73 Å². The van der Waals surface area contributed by atoms with Gasteiger partial charge >= 0.3 is 0 Å². The van der Waals surface area contributed by atoms with Crippen LogP contribution in [-0.2, 0) is 9.47 Å². The van der Waals surface area contributed by atoms with E-state index in [0.29, 0.717) is 13.2 Å². The number of hydrogen-bond acceptors (Lipinski definition) is 3. The second kappa shape index (κ2) is 6.19. The van der Waals surface area contributed by atoms with Crippen molar-refractivity contribution in [2.24, 2.45) is 5.73 Å². The Balaban J connectivity index is 3.37. The molecular formula is C8H17NO2. The van der Waals surface area contributed by atoms with Crippen LogP contribution in [0.2, 0.25) is 0 Å². The summed E-state index contributed by atoms with van der Waals surface area (Å²) < 4.78 is 10.1. The standard InChI is InChI=1S/C8H17NO2/c1-7(9)6-8(2)11-5-4-10-3/h6,8H,4-5,9H2,1-3H3/b7-6+. The molecule has 66 valence electrons. The largest absolute Gasteiger partial charge is 0.402 e. The van der Waals surface area contributed by atoms with Crippen molar-refractivity contribution in [1.82, 2.24) is 0 Å². The topological polar surface area (TPSA) is 44.5 Å². The molecule has 0 saturated heterocycles. The highest BCUT2D eigenvalue weighted by Crippen LogP contribution is 1.94. The molecule has 0 rings (SSSR count). The van der Waals surface area contributed by atoms with Crippen LogP contribution in [0.5, 0.6) is 0 Å². The molecule has 0 aliphatic carbocycles. The van der Waals surface area contributed by atoms with Gasteiger partial charge in [-0.25, -0.2) is 0 Å². The molecule has 0 radical (unpaired) electrons. The molecule has 2 N–H and O–H groups in total. The van der Waals surface area contributed by atoms with Crippen LogP contribution in [-0.4, -0.2) is 26.4 Å². The Morgan fingerprint density at radius 3 is 2.64 bits per heavy atom. The number of nitrogens with two attached hydrogens (primary N) is 1. The van der Waals surface area contributed by atoms with Crippen molar-refractivity contribution in [3.8, 4) is 0 Å². The van der Waals surface area contributed by atoms with Gasteiger partial charge in [-0.2, -0.15) is 0 Å². The second-order valence-electron chi connectivity index (χ2n) is 2.48. The fraction of sp³-hybridized carbons (Fsp3) is 0.750. The fourth-order valence-electron chi connectivity index (χ4n) is 0.736. The zero-order valence-corrected chi connectivity index (χ0v) is 7.46. The molecule has 0 aromatic heterocycles. The van der Waals surface area contributed by atoms with Crippen molar-refractivity contribution in [3.05, 3.63) is 11.8 Å². The molecule has 0 aliphatic heterocycles. The Morgan fingerprint density at radius 1 is 1.55 bits per heavy atom. The summed E-state index contributed by atoms with van der Waals surface area (Å²) >= 11 is 0. The van der Waals surface area contributed by atoms with E-state index >= 15 is 0 Å². The van der Waals surface area contributed by atoms with E-state index in [0.717, 1.165) is 5.70 Å². The zero-order chi connectivity index (χ0) is 8.69. The van der Waals surface area contributed by atoms with Crippen molar-refractivity contribution in [2.75, 3.05) is 20.3 Å². The van der Waals surface area contributed by atoms with Gasteiger partial charge < -0.3 is 15.2 Å². The molecule has 0 spiro atoms. The van der Waals surface area contributed by atoms with Gasteiger partial charge in [0.25, 0.3) is 0 Å². The van der Waals surface area contributed by atoms with Crippen LogP contribution >= 0.6 is 0 Å². The Morgan fingerprint density at radius 2 is 2.18 bits per heavy atom. The molecule has 0 amide bonds. The van der Waals surface area contributed by atoms with E-state index in [1.165, 1.54) is 0 Å². The first kappa shape index (κ1) is 10.5. The molecular weight excluding hydrogens is 142 g/mol. The highest BCUT2D eigenvalue weighted by molar-refractivity contribution is 4.95. The summed E-state index contributed by atoms with van der Waals surface area (Å²) in [5.41, 5.74) is 6.23. The minimum atomic E-state index is 0.0788. The number of methoxy groups -OCH3 is 1. The Labute approximate surface area is 68.2 Å². The van der Waals surface area contributed by atoms with Gasteiger partial charge in [-0.05, 0) is 19.9 Å². The molecule has 0 heterocycles. The van der Waals surface area contributed by atoms with Gasteiger partial charge in [0, 0.05) is 12.8 Å². The van der Waals surface area contributed by atoms with E-state index in [2.05, 4.69) is 0 Å². The first-order valence-electron chi connectivity index (χ1n) is 3.71. The summed E-state index contributed by atoms with van der Waals surface area (Å²) in [5, 5.41) is 0. The lowest BCUT2D eigenvalue weighted by Gasteiger charge is -2.08. The Hall–Kier alpha value is -0.540. The van der Waals surface area contributed by atoms with E-state index in [4.69, 9.17) is 15.2 Å². The van der Waals surface area contributed by atoms with Crippen LogP contribution in [0.25, 0.3) is 0 Å². The van der Waals surface area contributed by atoms with Crippen LogP contribution in [0.15, 0.2) is 11.8 Å². The summed E-state index contributed by atoms with van der Waals surface area (Å²) in [5.74, 6) is 0. The highest BCUT2D eigenvalue weighted by atomic mass is 16.5. The van der Waals surface area contributed by atoms with Gasteiger partial charge in [0.1, 0.15) is 0 Å². The summed E-state index contributed by atoms with van der Waals surface area (Å²) in [4.78, 5) is 0. The fourth-order valence-corrected chi connectivity index (χ4v) is 0.736. The van der Waals surface area contributed by atoms with Crippen molar-refractivity contribution < 1.29 is 9.47 Å². The summed E-state index contributed by atoms with van der Waals surface area (Å²) in [6.07, 6.45) is 1.95. The molecule has 0 aliphatic rings.